The van der Waals surface area contributed by atoms with E-state index in [0.717, 1.165) is 35.0 Å². The van der Waals surface area contributed by atoms with Crippen molar-refractivity contribution < 1.29 is 4.79 Å². The maximum Gasteiger partial charge on any atom is 0.263 e. The highest BCUT2D eigenvalue weighted by molar-refractivity contribution is 7.99. The zero-order chi connectivity index (χ0) is 22.1. The first-order valence-electron chi connectivity index (χ1n) is 10.1. The Morgan fingerprint density at radius 3 is 3.03 bits per heavy atom. The number of aromatic nitrogens is 2. The summed E-state index contributed by atoms with van der Waals surface area (Å²) in [6, 6.07) is 6.75. The van der Waals surface area contributed by atoms with Crippen LogP contribution in [0.4, 0.5) is 5.69 Å². The minimum Gasteiger partial charge on any atom is -0.324 e. The first kappa shape index (κ1) is 21.9. The lowest BCUT2D eigenvalue weighted by atomic mass is 9.89. The average molecular weight is 473 g/mol. The number of fused-ring (bicyclic) bond motifs is 3. The number of carbonyl (C=O) groups is 1. The number of thioether (sulfide) groups is 1. The van der Waals surface area contributed by atoms with Crippen molar-refractivity contribution in [3.05, 3.63) is 49.6 Å². The lowest BCUT2D eigenvalue weighted by Crippen LogP contribution is -2.24. The second kappa shape index (κ2) is 9.03. The normalized spacial score (nSPS) is 15.5. The summed E-state index contributed by atoms with van der Waals surface area (Å²) in [4.78, 5) is 32.5. The van der Waals surface area contributed by atoms with Crippen LogP contribution in [0.2, 0.25) is 5.02 Å². The molecule has 0 fully saturated rings. The molecule has 0 saturated carbocycles. The molecule has 31 heavy (non-hydrogen) atoms. The molecule has 2 heterocycles. The Balaban J connectivity index is 1.59. The second-order valence-electron chi connectivity index (χ2n) is 7.61. The molecule has 1 aliphatic carbocycles. The Morgan fingerprint density at radius 2 is 2.29 bits per heavy atom. The van der Waals surface area contributed by atoms with Gasteiger partial charge in [-0.15, -0.1) is 11.3 Å². The number of thiophene rings is 1. The van der Waals surface area contributed by atoms with E-state index in [0.29, 0.717) is 33.9 Å². The van der Waals surface area contributed by atoms with E-state index in [4.69, 9.17) is 16.6 Å². The lowest BCUT2D eigenvalue weighted by Gasteiger charge is -2.17. The van der Waals surface area contributed by atoms with Gasteiger partial charge in [-0.2, -0.15) is 5.26 Å². The molecule has 2 aromatic heterocycles. The van der Waals surface area contributed by atoms with Gasteiger partial charge in [0.15, 0.2) is 5.16 Å². The molecule has 1 unspecified atom stereocenters. The van der Waals surface area contributed by atoms with E-state index in [1.54, 1.807) is 34.1 Å². The van der Waals surface area contributed by atoms with Gasteiger partial charge < -0.3 is 5.32 Å². The number of hydrogen-bond acceptors (Lipinski definition) is 6. The average Bonchev–Trinajstić information content (AvgIpc) is 3.10. The van der Waals surface area contributed by atoms with Crippen LogP contribution >= 0.6 is 34.7 Å². The van der Waals surface area contributed by atoms with Crippen LogP contribution in [0.25, 0.3) is 10.2 Å². The molecule has 0 saturated heterocycles. The standard InChI is InChI=1S/C22H21ClN4O2S2/c1-3-27-21(29)19-15-7-4-12(2)8-17(15)31-20(19)26-22(27)30-11-18(28)25-16-9-14(23)6-5-13(16)10-24/h5-6,9,12H,3-4,7-8,11H2,1-2H3,(H,25,28). The van der Waals surface area contributed by atoms with Gasteiger partial charge in [0, 0.05) is 16.4 Å². The summed E-state index contributed by atoms with van der Waals surface area (Å²) >= 11 is 8.81. The zero-order valence-corrected chi connectivity index (χ0v) is 19.6. The van der Waals surface area contributed by atoms with Gasteiger partial charge in [0.05, 0.1) is 22.4 Å². The number of rotatable bonds is 5. The van der Waals surface area contributed by atoms with Crippen LogP contribution in [-0.2, 0) is 24.2 Å². The van der Waals surface area contributed by atoms with Gasteiger partial charge >= 0.3 is 0 Å². The van der Waals surface area contributed by atoms with Crippen molar-refractivity contribution >= 4 is 56.5 Å². The van der Waals surface area contributed by atoms with E-state index in [-0.39, 0.29) is 17.2 Å². The molecule has 4 rings (SSSR count). The van der Waals surface area contributed by atoms with Crippen molar-refractivity contribution in [3.63, 3.8) is 0 Å². The molecule has 0 aliphatic heterocycles. The molecule has 3 aromatic rings. The Morgan fingerprint density at radius 1 is 1.48 bits per heavy atom. The summed E-state index contributed by atoms with van der Waals surface area (Å²) in [5.74, 6) is 0.397. The van der Waals surface area contributed by atoms with E-state index in [1.807, 2.05) is 13.0 Å². The number of halogens is 1. The van der Waals surface area contributed by atoms with Crippen molar-refractivity contribution in [2.45, 2.75) is 44.8 Å². The van der Waals surface area contributed by atoms with E-state index >= 15 is 0 Å². The number of anilines is 1. The van der Waals surface area contributed by atoms with Gasteiger partial charge in [-0.1, -0.05) is 30.3 Å². The monoisotopic (exact) mass is 472 g/mol. The zero-order valence-electron chi connectivity index (χ0n) is 17.2. The molecule has 0 bridgehead atoms. The third-order valence-electron chi connectivity index (χ3n) is 5.40. The fourth-order valence-electron chi connectivity index (χ4n) is 3.83. The lowest BCUT2D eigenvalue weighted by molar-refractivity contribution is -0.113. The number of amides is 1. The SMILES string of the molecule is CCn1c(SCC(=O)Nc2cc(Cl)ccc2C#N)nc2sc3c(c2c1=O)CCC(C)C3. The molecule has 1 atom stereocenters. The number of nitrogens with one attached hydrogen (secondary N) is 1. The van der Waals surface area contributed by atoms with E-state index < -0.39 is 0 Å². The molecule has 0 radical (unpaired) electrons. The van der Waals surface area contributed by atoms with Gasteiger partial charge in [0.25, 0.3) is 5.56 Å². The predicted octanol–water partition coefficient (Wildman–Crippen LogP) is 4.86. The van der Waals surface area contributed by atoms with E-state index in [2.05, 4.69) is 12.2 Å². The molecule has 0 spiro atoms. The summed E-state index contributed by atoms with van der Waals surface area (Å²) in [7, 11) is 0. The minimum absolute atomic E-state index is 0.0240. The molecular weight excluding hydrogens is 452 g/mol. The highest BCUT2D eigenvalue weighted by Crippen LogP contribution is 2.36. The molecule has 6 nitrogen and oxygen atoms in total. The van der Waals surface area contributed by atoms with Gasteiger partial charge in [-0.05, 0) is 55.9 Å². The highest BCUT2D eigenvalue weighted by atomic mass is 35.5. The van der Waals surface area contributed by atoms with Crippen LogP contribution in [-0.4, -0.2) is 21.2 Å². The largest absolute Gasteiger partial charge is 0.324 e. The van der Waals surface area contributed by atoms with Crippen molar-refractivity contribution in [2.24, 2.45) is 5.92 Å². The van der Waals surface area contributed by atoms with Gasteiger partial charge in [0.1, 0.15) is 10.9 Å². The molecule has 1 amide bonds. The number of nitrogens with zero attached hydrogens (tertiary/aromatic N) is 3. The quantitative estimate of drug-likeness (QED) is 0.423. The molecule has 1 aromatic carbocycles. The minimum atomic E-state index is -0.292. The van der Waals surface area contributed by atoms with Crippen molar-refractivity contribution in [3.8, 4) is 6.07 Å². The van der Waals surface area contributed by atoms with Crippen molar-refractivity contribution in [1.82, 2.24) is 9.55 Å². The number of nitriles is 1. The summed E-state index contributed by atoms with van der Waals surface area (Å²) in [5, 5.41) is 13.7. The van der Waals surface area contributed by atoms with Crippen LogP contribution in [0.5, 0.6) is 0 Å². The first-order chi connectivity index (χ1) is 14.9. The Bertz CT molecular complexity index is 1280. The number of hydrogen-bond donors (Lipinski definition) is 1. The van der Waals surface area contributed by atoms with Gasteiger partial charge in [0.2, 0.25) is 5.91 Å². The topological polar surface area (TPSA) is 87.8 Å². The maximum absolute atomic E-state index is 13.2. The Kier molecular flexibility index (Phi) is 6.37. The Labute approximate surface area is 193 Å². The molecule has 1 N–H and O–H groups in total. The summed E-state index contributed by atoms with van der Waals surface area (Å²) in [6.45, 7) is 4.63. The fraction of sp³-hybridized carbons (Fsp3) is 0.364. The first-order valence-corrected chi connectivity index (χ1v) is 12.3. The van der Waals surface area contributed by atoms with Gasteiger partial charge in [-0.25, -0.2) is 4.98 Å². The van der Waals surface area contributed by atoms with E-state index in [1.165, 1.54) is 16.6 Å². The van der Waals surface area contributed by atoms with Crippen LogP contribution in [0, 0.1) is 17.2 Å². The molecule has 160 valence electrons. The second-order valence-corrected chi connectivity index (χ2v) is 10.1. The smallest absolute Gasteiger partial charge is 0.263 e. The van der Waals surface area contributed by atoms with Crippen molar-refractivity contribution in [2.75, 3.05) is 11.1 Å². The van der Waals surface area contributed by atoms with E-state index in [9.17, 15) is 14.9 Å². The van der Waals surface area contributed by atoms with Crippen LogP contribution in [0.3, 0.4) is 0 Å². The summed E-state index contributed by atoms with van der Waals surface area (Å²) < 4.78 is 1.64. The highest BCUT2D eigenvalue weighted by Gasteiger charge is 2.24. The van der Waals surface area contributed by atoms with Crippen LogP contribution in [0.15, 0.2) is 28.2 Å². The van der Waals surface area contributed by atoms with Gasteiger partial charge in [-0.3, -0.25) is 14.2 Å². The molecular formula is C22H21ClN4O2S2. The summed E-state index contributed by atoms with van der Waals surface area (Å²) in [5.41, 5.74) is 1.85. The third kappa shape index (κ3) is 4.36. The number of benzene rings is 1. The van der Waals surface area contributed by atoms with Crippen LogP contribution in [0.1, 0.15) is 36.3 Å². The molecule has 1 aliphatic rings. The molecule has 9 heteroatoms. The van der Waals surface area contributed by atoms with Crippen molar-refractivity contribution in [1.29, 1.82) is 5.26 Å². The number of aryl methyl sites for hydroxylation is 1. The number of carbonyl (C=O) groups excluding carboxylic acids is 1. The van der Waals surface area contributed by atoms with Crippen LogP contribution < -0.4 is 10.9 Å². The third-order valence-corrected chi connectivity index (χ3v) is 7.76. The Hall–Kier alpha value is -2.34. The predicted molar refractivity (Wildman–Crippen MR) is 126 cm³/mol. The summed E-state index contributed by atoms with van der Waals surface area (Å²) in [6.07, 6.45) is 3.01. The fourth-order valence-corrected chi connectivity index (χ4v) is 6.29. The maximum atomic E-state index is 13.2.